The third-order valence-electron chi connectivity index (χ3n) is 6.57. The first kappa shape index (κ1) is 28.7. The van der Waals surface area contributed by atoms with E-state index in [0.29, 0.717) is 18.2 Å². The number of fused-ring (bicyclic) bond motifs is 2. The van der Waals surface area contributed by atoms with Crippen molar-refractivity contribution < 1.29 is 24.5 Å². The zero-order chi connectivity index (χ0) is 27.6. The minimum Gasteiger partial charge on any atom is -0.492 e. The summed E-state index contributed by atoms with van der Waals surface area (Å²) in [6, 6.07) is 25.7. The standard InChI is InChI=1S/C26H27ClN2OS.C4H4O4/c27-21-10-11-25-20(18-21)19-24(23-8-4-5-9-26(23)31-25)29-14-12-28(13-15-29)16-17-30-22-6-2-1-3-7-22;5-3(6)1-2-4(7)8/h1-11,18,24H,12-17,19H2;1-2H,(H,5,6)(H,7,8). The van der Waals surface area contributed by atoms with Gasteiger partial charge in [0.05, 0.1) is 0 Å². The van der Waals surface area contributed by atoms with E-state index in [-0.39, 0.29) is 0 Å². The average Bonchev–Trinajstić information content (AvgIpc) is 3.10. The Morgan fingerprint density at radius 3 is 2.26 bits per heavy atom. The zero-order valence-corrected chi connectivity index (χ0v) is 23.0. The molecule has 1 fully saturated rings. The van der Waals surface area contributed by atoms with Crippen LogP contribution in [0.2, 0.25) is 5.02 Å². The number of benzene rings is 3. The van der Waals surface area contributed by atoms with Gasteiger partial charge in [0.1, 0.15) is 12.4 Å². The van der Waals surface area contributed by atoms with Gasteiger partial charge in [0.15, 0.2) is 0 Å². The van der Waals surface area contributed by atoms with Crippen LogP contribution in [0.5, 0.6) is 5.75 Å². The van der Waals surface area contributed by atoms with Crippen molar-refractivity contribution in [1.29, 1.82) is 0 Å². The fraction of sp³-hybridized carbons (Fsp3) is 0.267. The van der Waals surface area contributed by atoms with Crippen molar-refractivity contribution in [1.82, 2.24) is 9.80 Å². The summed E-state index contributed by atoms with van der Waals surface area (Å²) in [6.07, 6.45) is 2.13. The van der Waals surface area contributed by atoms with E-state index < -0.39 is 11.9 Å². The van der Waals surface area contributed by atoms with E-state index in [2.05, 4.69) is 46.2 Å². The number of aliphatic carboxylic acids is 2. The number of ether oxygens (including phenoxy) is 1. The molecule has 0 aromatic heterocycles. The molecule has 39 heavy (non-hydrogen) atoms. The van der Waals surface area contributed by atoms with Crippen LogP contribution >= 0.6 is 23.4 Å². The molecule has 1 atom stereocenters. The number of piperazine rings is 1. The predicted octanol–water partition coefficient (Wildman–Crippen LogP) is 5.50. The largest absolute Gasteiger partial charge is 0.492 e. The topological polar surface area (TPSA) is 90.3 Å². The highest BCUT2D eigenvalue weighted by Crippen LogP contribution is 2.43. The number of halogens is 1. The molecule has 0 spiro atoms. The fourth-order valence-electron chi connectivity index (χ4n) is 4.67. The first-order valence-electron chi connectivity index (χ1n) is 12.7. The van der Waals surface area contributed by atoms with E-state index in [4.69, 9.17) is 26.6 Å². The molecule has 0 aliphatic carbocycles. The van der Waals surface area contributed by atoms with Crippen molar-refractivity contribution in [2.45, 2.75) is 22.3 Å². The Bertz CT molecular complexity index is 1280. The second-order valence-corrected chi connectivity index (χ2v) is 10.7. The summed E-state index contributed by atoms with van der Waals surface area (Å²) in [7, 11) is 0. The molecule has 5 rings (SSSR count). The van der Waals surface area contributed by atoms with Gasteiger partial charge < -0.3 is 14.9 Å². The van der Waals surface area contributed by atoms with Gasteiger partial charge in [0.25, 0.3) is 0 Å². The molecule has 2 aliphatic rings. The minimum absolute atomic E-state index is 0.395. The molecule has 204 valence electrons. The Hall–Kier alpha value is -3.30. The Morgan fingerprint density at radius 2 is 1.56 bits per heavy atom. The second kappa shape index (κ2) is 14.2. The molecule has 0 bridgehead atoms. The Balaban J connectivity index is 0.000000386. The highest BCUT2D eigenvalue weighted by molar-refractivity contribution is 7.99. The molecule has 0 amide bonds. The average molecular weight is 567 g/mol. The van der Waals surface area contributed by atoms with Gasteiger partial charge >= 0.3 is 11.9 Å². The maximum absolute atomic E-state index is 9.55. The number of carboxylic acids is 2. The highest BCUT2D eigenvalue weighted by Gasteiger charge is 2.29. The Morgan fingerprint density at radius 1 is 0.897 bits per heavy atom. The van der Waals surface area contributed by atoms with Crippen molar-refractivity contribution in [3.8, 4) is 5.75 Å². The normalized spacial score (nSPS) is 17.3. The second-order valence-electron chi connectivity index (χ2n) is 9.16. The number of nitrogens with zero attached hydrogens (tertiary/aromatic N) is 2. The molecule has 7 nitrogen and oxygen atoms in total. The van der Waals surface area contributed by atoms with Gasteiger partial charge in [-0.1, -0.05) is 59.8 Å². The molecule has 2 aliphatic heterocycles. The quantitative estimate of drug-likeness (QED) is 0.363. The smallest absolute Gasteiger partial charge is 0.328 e. The number of para-hydroxylation sites is 1. The lowest BCUT2D eigenvalue weighted by atomic mass is 9.96. The number of rotatable bonds is 7. The van der Waals surface area contributed by atoms with E-state index >= 15 is 0 Å². The maximum Gasteiger partial charge on any atom is 0.328 e. The van der Waals surface area contributed by atoms with Crippen molar-refractivity contribution >= 4 is 35.3 Å². The molecule has 2 N–H and O–H groups in total. The van der Waals surface area contributed by atoms with Crippen LogP contribution in [-0.4, -0.2) is 71.3 Å². The summed E-state index contributed by atoms with van der Waals surface area (Å²) in [5.41, 5.74) is 2.80. The van der Waals surface area contributed by atoms with E-state index in [1.807, 2.05) is 48.2 Å². The maximum atomic E-state index is 9.55. The lowest BCUT2D eigenvalue weighted by Gasteiger charge is -2.39. The molecule has 0 radical (unpaired) electrons. The fourth-order valence-corrected chi connectivity index (χ4v) is 5.98. The first-order chi connectivity index (χ1) is 18.9. The summed E-state index contributed by atoms with van der Waals surface area (Å²) in [6.45, 7) is 6.01. The predicted molar refractivity (Wildman–Crippen MR) is 153 cm³/mol. The Kier molecular flexibility index (Phi) is 10.4. The molecular formula is C30H31ClN2O5S. The van der Waals surface area contributed by atoms with Crippen molar-refractivity contribution in [3.05, 3.63) is 101 Å². The van der Waals surface area contributed by atoms with Crippen LogP contribution in [0.25, 0.3) is 0 Å². The van der Waals surface area contributed by atoms with Crippen molar-refractivity contribution in [2.75, 3.05) is 39.3 Å². The minimum atomic E-state index is -1.26. The van der Waals surface area contributed by atoms with Gasteiger partial charge in [-0.3, -0.25) is 9.80 Å². The van der Waals surface area contributed by atoms with Crippen LogP contribution in [0.1, 0.15) is 17.2 Å². The van der Waals surface area contributed by atoms with Crippen molar-refractivity contribution in [2.24, 2.45) is 0 Å². The summed E-state index contributed by atoms with van der Waals surface area (Å²) >= 11 is 8.22. The van der Waals surface area contributed by atoms with Crippen LogP contribution in [0.4, 0.5) is 0 Å². The summed E-state index contributed by atoms with van der Waals surface area (Å²) in [5, 5.41) is 16.5. The van der Waals surface area contributed by atoms with E-state index in [1.165, 1.54) is 20.9 Å². The summed E-state index contributed by atoms with van der Waals surface area (Å²) < 4.78 is 5.89. The van der Waals surface area contributed by atoms with Gasteiger partial charge in [-0.05, 0) is 53.9 Å². The van der Waals surface area contributed by atoms with Gasteiger partial charge in [-0.25, -0.2) is 9.59 Å². The van der Waals surface area contributed by atoms with Crippen LogP contribution in [0.15, 0.2) is 94.7 Å². The van der Waals surface area contributed by atoms with Crippen LogP contribution in [0.3, 0.4) is 0 Å². The van der Waals surface area contributed by atoms with Crippen LogP contribution in [0, 0.1) is 0 Å². The lowest BCUT2D eigenvalue weighted by Crippen LogP contribution is -2.49. The molecule has 3 aromatic rings. The third-order valence-corrected chi connectivity index (χ3v) is 8.01. The molecule has 0 saturated carbocycles. The number of carbonyl (C=O) groups is 2. The van der Waals surface area contributed by atoms with Crippen molar-refractivity contribution in [3.63, 3.8) is 0 Å². The third kappa shape index (κ3) is 8.60. The molecule has 2 heterocycles. The number of hydrogen-bond donors (Lipinski definition) is 2. The SMILES string of the molecule is Clc1ccc2c(c1)CC(N1CCN(CCOc3ccccc3)CC1)c1ccccc1S2.O=C(O)C=CC(=O)O. The van der Waals surface area contributed by atoms with E-state index in [0.717, 1.165) is 56.5 Å². The first-order valence-corrected chi connectivity index (χ1v) is 13.9. The molecule has 9 heteroatoms. The number of carboxylic acid groups (broad SMARTS) is 2. The van der Waals surface area contributed by atoms with Crippen LogP contribution < -0.4 is 4.74 Å². The van der Waals surface area contributed by atoms with E-state index in [1.54, 1.807) is 0 Å². The molecular weight excluding hydrogens is 536 g/mol. The van der Waals surface area contributed by atoms with Gasteiger partial charge in [-0.15, -0.1) is 0 Å². The summed E-state index contributed by atoms with van der Waals surface area (Å²) in [5.74, 6) is -1.56. The molecule has 3 aromatic carbocycles. The highest BCUT2D eigenvalue weighted by atomic mass is 35.5. The summed E-state index contributed by atoms with van der Waals surface area (Å²) in [4.78, 5) is 27.0. The van der Waals surface area contributed by atoms with E-state index in [9.17, 15) is 9.59 Å². The molecule has 1 saturated heterocycles. The number of hydrogen-bond acceptors (Lipinski definition) is 6. The lowest BCUT2D eigenvalue weighted by molar-refractivity contribution is -0.134. The Labute approximate surface area is 237 Å². The zero-order valence-electron chi connectivity index (χ0n) is 21.4. The van der Waals surface area contributed by atoms with Gasteiger partial charge in [-0.2, -0.15) is 0 Å². The van der Waals surface area contributed by atoms with Crippen LogP contribution in [-0.2, 0) is 16.0 Å². The van der Waals surface area contributed by atoms with Gasteiger partial charge in [0.2, 0.25) is 0 Å². The monoisotopic (exact) mass is 566 g/mol. The van der Waals surface area contributed by atoms with Gasteiger partial charge in [0, 0.05) is 65.7 Å². The molecule has 1 unspecified atom stereocenters.